The van der Waals surface area contributed by atoms with Gasteiger partial charge in [-0.05, 0) is 36.8 Å². The number of hydrogen-bond donors (Lipinski definition) is 2. The average Bonchev–Trinajstić information content (AvgIpc) is 3.04. The molecule has 2 aromatic rings. The van der Waals surface area contributed by atoms with Crippen molar-refractivity contribution in [2.75, 3.05) is 5.32 Å². The number of nitrogens with one attached hydrogen (secondary N) is 1. The molecule has 1 heterocycles. The lowest BCUT2D eigenvalue weighted by Gasteiger charge is -2.20. The van der Waals surface area contributed by atoms with E-state index in [9.17, 15) is 29.8 Å². The topological polar surface area (TPSA) is 158 Å². The number of rotatable bonds is 6. The van der Waals surface area contributed by atoms with Gasteiger partial charge in [-0.15, -0.1) is 11.3 Å². The van der Waals surface area contributed by atoms with Crippen molar-refractivity contribution in [3.63, 3.8) is 0 Å². The average molecular weight is 418 g/mol. The molecule has 1 unspecified atom stereocenters. The summed E-state index contributed by atoms with van der Waals surface area (Å²) in [6.45, 7) is 2.09. The summed E-state index contributed by atoms with van der Waals surface area (Å²) in [5, 5.41) is 24.9. The smallest absolute Gasteiger partial charge is 0.289 e. The van der Waals surface area contributed by atoms with Gasteiger partial charge in [-0.2, -0.15) is 0 Å². The summed E-state index contributed by atoms with van der Waals surface area (Å²) >= 11 is 1.24. The molecular weight excluding hydrogens is 400 g/mol. The molecule has 0 bridgehead atoms. The Morgan fingerprint density at radius 1 is 1.28 bits per heavy atom. The fraction of sp³-hybridized carbons (Fsp3) is 0.333. The number of non-ortho nitro benzene ring substituents is 1. The van der Waals surface area contributed by atoms with E-state index < -0.39 is 33.0 Å². The summed E-state index contributed by atoms with van der Waals surface area (Å²) < 4.78 is 0. The van der Waals surface area contributed by atoms with Gasteiger partial charge in [0.05, 0.1) is 21.5 Å². The molecular formula is C18H18N4O6S. The molecule has 1 aliphatic rings. The molecule has 1 aromatic heterocycles. The highest BCUT2D eigenvalue weighted by Gasteiger charge is 2.30. The summed E-state index contributed by atoms with van der Waals surface area (Å²) in [5.74, 6) is -1.02. The monoisotopic (exact) mass is 418 g/mol. The van der Waals surface area contributed by atoms with Crippen molar-refractivity contribution >= 4 is 39.5 Å². The third-order valence-electron chi connectivity index (χ3n) is 5.05. The fourth-order valence-electron chi connectivity index (χ4n) is 3.50. The molecule has 3 N–H and O–H groups in total. The van der Waals surface area contributed by atoms with Gasteiger partial charge in [-0.1, -0.05) is 13.3 Å². The number of primary amides is 1. The number of nitrogens with two attached hydrogens (primary N) is 1. The van der Waals surface area contributed by atoms with Crippen LogP contribution in [0, 0.1) is 26.1 Å². The van der Waals surface area contributed by atoms with Gasteiger partial charge in [0.15, 0.2) is 0 Å². The van der Waals surface area contributed by atoms with Crippen molar-refractivity contribution in [3.8, 4) is 0 Å². The first kappa shape index (κ1) is 20.4. The number of anilines is 1. The highest BCUT2D eigenvalue weighted by molar-refractivity contribution is 7.17. The second kappa shape index (κ2) is 7.95. The molecule has 0 radical (unpaired) electrons. The molecule has 1 atom stereocenters. The molecule has 10 nitrogen and oxygen atoms in total. The number of thiophene rings is 1. The molecule has 11 heteroatoms. The predicted octanol–water partition coefficient (Wildman–Crippen LogP) is 3.43. The Labute approximate surface area is 169 Å². The fourth-order valence-corrected chi connectivity index (χ4v) is 4.86. The van der Waals surface area contributed by atoms with Crippen LogP contribution in [-0.2, 0) is 12.8 Å². The summed E-state index contributed by atoms with van der Waals surface area (Å²) in [4.78, 5) is 46.2. The predicted molar refractivity (Wildman–Crippen MR) is 106 cm³/mol. The van der Waals surface area contributed by atoms with E-state index in [4.69, 9.17) is 5.73 Å². The van der Waals surface area contributed by atoms with E-state index in [2.05, 4.69) is 12.2 Å². The minimum atomic E-state index is -0.859. The number of nitrogens with zero attached hydrogens (tertiary/aromatic N) is 2. The minimum Gasteiger partial charge on any atom is -0.365 e. The Kier molecular flexibility index (Phi) is 5.59. The van der Waals surface area contributed by atoms with Crippen molar-refractivity contribution < 1.29 is 19.4 Å². The number of fused-ring (bicyclic) bond motifs is 1. The van der Waals surface area contributed by atoms with Gasteiger partial charge in [-0.3, -0.25) is 29.8 Å². The number of amides is 2. The number of carbonyl (C=O) groups is 2. The van der Waals surface area contributed by atoms with E-state index in [1.54, 1.807) is 0 Å². The standard InChI is InChI=1S/C18H18N4O6S/c1-2-9-3-5-12-14(7-9)29-18(15(12)16(19)23)20-17(24)11-6-4-10(21(25)26)8-13(11)22(27)28/h4,6,8-9H,2-3,5,7H2,1H3,(H2,19,23)(H,20,24). The van der Waals surface area contributed by atoms with Gasteiger partial charge in [0.2, 0.25) is 0 Å². The molecule has 29 heavy (non-hydrogen) atoms. The third kappa shape index (κ3) is 3.94. The zero-order valence-corrected chi connectivity index (χ0v) is 16.3. The lowest BCUT2D eigenvalue weighted by Crippen LogP contribution is -2.20. The lowest BCUT2D eigenvalue weighted by molar-refractivity contribution is -0.394. The molecule has 3 rings (SSSR count). The van der Waals surface area contributed by atoms with Gasteiger partial charge < -0.3 is 11.1 Å². The van der Waals surface area contributed by atoms with E-state index in [-0.39, 0.29) is 16.1 Å². The number of carbonyl (C=O) groups excluding carboxylic acids is 2. The molecule has 0 fully saturated rings. The highest BCUT2D eigenvalue weighted by Crippen LogP contribution is 2.40. The van der Waals surface area contributed by atoms with E-state index in [0.29, 0.717) is 12.3 Å². The number of nitro benzene ring substituents is 2. The summed E-state index contributed by atoms with van der Waals surface area (Å²) in [6, 6.07) is 2.77. The maximum Gasteiger partial charge on any atom is 0.289 e. The Balaban J connectivity index is 1.98. The minimum absolute atomic E-state index is 0.234. The Morgan fingerprint density at radius 3 is 2.59 bits per heavy atom. The molecule has 0 spiro atoms. The lowest BCUT2D eigenvalue weighted by atomic mass is 9.85. The molecule has 0 aliphatic heterocycles. The van der Waals surface area contributed by atoms with Gasteiger partial charge in [-0.25, -0.2) is 0 Å². The number of nitro groups is 2. The quantitative estimate of drug-likeness (QED) is 0.540. The van der Waals surface area contributed by atoms with Gasteiger partial charge in [0.25, 0.3) is 23.2 Å². The summed E-state index contributed by atoms with van der Waals surface area (Å²) in [7, 11) is 0. The first-order chi connectivity index (χ1) is 13.7. The van der Waals surface area contributed by atoms with Gasteiger partial charge >= 0.3 is 0 Å². The Morgan fingerprint density at radius 2 is 2.00 bits per heavy atom. The molecule has 1 aromatic carbocycles. The van der Waals surface area contributed by atoms with E-state index in [1.807, 2.05) is 0 Å². The number of hydrogen-bond acceptors (Lipinski definition) is 7. The van der Waals surface area contributed by atoms with Crippen LogP contribution in [0.15, 0.2) is 18.2 Å². The highest BCUT2D eigenvalue weighted by atomic mass is 32.1. The third-order valence-corrected chi connectivity index (χ3v) is 6.22. The first-order valence-electron chi connectivity index (χ1n) is 8.91. The van der Waals surface area contributed by atoms with Crippen LogP contribution in [0.25, 0.3) is 0 Å². The molecule has 2 amide bonds. The van der Waals surface area contributed by atoms with E-state index in [0.717, 1.165) is 47.9 Å². The first-order valence-corrected chi connectivity index (χ1v) is 9.73. The molecule has 0 saturated carbocycles. The van der Waals surface area contributed by atoms with Crippen LogP contribution in [0.4, 0.5) is 16.4 Å². The van der Waals surface area contributed by atoms with Crippen molar-refractivity contribution in [1.82, 2.24) is 0 Å². The zero-order valence-electron chi connectivity index (χ0n) is 15.5. The molecule has 152 valence electrons. The Bertz CT molecular complexity index is 1030. The van der Waals surface area contributed by atoms with Crippen molar-refractivity contribution in [1.29, 1.82) is 0 Å². The van der Waals surface area contributed by atoms with Crippen LogP contribution in [0.2, 0.25) is 0 Å². The van der Waals surface area contributed by atoms with Crippen LogP contribution < -0.4 is 11.1 Å². The van der Waals surface area contributed by atoms with Crippen LogP contribution >= 0.6 is 11.3 Å². The maximum atomic E-state index is 12.7. The van der Waals surface area contributed by atoms with Crippen LogP contribution in [-0.4, -0.2) is 21.7 Å². The second-order valence-corrected chi connectivity index (χ2v) is 7.86. The Hall–Kier alpha value is -3.34. The second-order valence-electron chi connectivity index (χ2n) is 6.76. The van der Waals surface area contributed by atoms with Gasteiger partial charge in [0, 0.05) is 10.9 Å². The summed E-state index contributed by atoms with van der Waals surface area (Å²) in [5.41, 5.74) is 5.06. The van der Waals surface area contributed by atoms with Crippen LogP contribution in [0.3, 0.4) is 0 Å². The number of benzene rings is 1. The van der Waals surface area contributed by atoms with Crippen molar-refractivity contribution in [2.24, 2.45) is 11.7 Å². The van der Waals surface area contributed by atoms with E-state index >= 15 is 0 Å². The largest absolute Gasteiger partial charge is 0.365 e. The SMILES string of the molecule is CCC1CCc2c(sc(NC(=O)c3ccc([N+](=O)[O-])cc3[N+](=O)[O-])c2C(N)=O)C1. The zero-order chi connectivity index (χ0) is 21.3. The van der Waals surface area contributed by atoms with Crippen molar-refractivity contribution in [2.45, 2.75) is 32.6 Å². The molecule has 1 aliphatic carbocycles. The van der Waals surface area contributed by atoms with Gasteiger partial charge in [0.1, 0.15) is 10.6 Å². The summed E-state index contributed by atoms with van der Waals surface area (Å²) in [6.07, 6.45) is 3.38. The van der Waals surface area contributed by atoms with Crippen molar-refractivity contribution in [3.05, 3.63) is 60.0 Å². The van der Waals surface area contributed by atoms with Crippen LogP contribution in [0.5, 0.6) is 0 Å². The van der Waals surface area contributed by atoms with Crippen LogP contribution in [0.1, 0.15) is 50.9 Å². The maximum absolute atomic E-state index is 12.7. The molecule has 0 saturated heterocycles. The van der Waals surface area contributed by atoms with E-state index in [1.165, 1.54) is 11.3 Å². The normalized spacial score (nSPS) is 15.4.